The zero-order valence-corrected chi connectivity index (χ0v) is 10.4. The number of hydrogen-bond acceptors (Lipinski definition) is 0. The van der Waals surface area contributed by atoms with Crippen LogP contribution in [0.5, 0.6) is 0 Å². The molecule has 88 valence electrons. The SMILES string of the molecule is C=[n+]1ccc2c(c1-c1cccc(C)c1)[CH-]C=CC=2. The highest BCUT2D eigenvalue weighted by molar-refractivity contribution is 5.66. The standard InChI is InChI=1S/C17H15N/c1-13-6-5-8-15(12-13)17-16-9-4-3-7-14(16)10-11-18(17)2/h3-12H,2H2,1H3. The lowest BCUT2D eigenvalue weighted by Gasteiger charge is -2.14. The molecule has 18 heavy (non-hydrogen) atoms. The fourth-order valence-electron chi connectivity index (χ4n) is 2.37. The molecule has 1 heterocycles. The summed E-state index contributed by atoms with van der Waals surface area (Å²) in [5, 5.41) is 1.24. The number of aromatic nitrogens is 1. The van der Waals surface area contributed by atoms with Gasteiger partial charge < -0.3 is 0 Å². The van der Waals surface area contributed by atoms with E-state index in [1.54, 1.807) is 0 Å². The van der Waals surface area contributed by atoms with Gasteiger partial charge in [-0.25, -0.2) is 4.24 Å². The lowest BCUT2D eigenvalue weighted by Crippen LogP contribution is -2.25. The second-order valence-electron chi connectivity index (χ2n) is 4.59. The highest BCUT2D eigenvalue weighted by Crippen LogP contribution is 2.20. The topological polar surface area (TPSA) is 5.90 Å². The average Bonchev–Trinajstić information content (AvgIpc) is 2.38. The second-order valence-corrected chi connectivity index (χ2v) is 4.59. The van der Waals surface area contributed by atoms with Crippen LogP contribution in [-0.4, -0.2) is 0 Å². The highest BCUT2D eigenvalue weighted by atomic mass is 14.8. The van der Waals surface area contributed by atoms with E-state index < -0.39 is 0 Å². The molecule has 0 N–H and O–H groups in total. The van der Waals surface area contributed by atoms with Crippen molar-refractivity contribution in [2.24, 2.45) is 0 Å². The minimum absolute atomic E-state index is 1.16. The number of allylic oxidation sites excluding steroid dienone is 2. The number of hydrogen-bond donors (Lipinski definition) is 0. The Morgan fingerprint density at radius 2 is 2.11 bits per heavy atom. The summed E-state index contributed by atoms with van der Waals surface area (Å²) in [4.78, 5) is 0. The molecule has 0 radical (unpaired) electrons. The maximum absolute atomic E-state index is 4.09. The predicted octanol–water partition coefficient (Wildman–Crippen LogP) is 2.49. The molecule has 1 aliphatic rings. The van der Waals surface area contributed by atoms with Gasteiger partial charge in [0.1, 0.15) is 12.4 Å². The first-order chi connectivity index (χ1) is 8.75. The first-order valence-electron chi connectivity index (χ1n) is 6.07. The Kier molecular flexibility index (Phi) is 2.52. The molecule has 1 heteroatoms. The van der Waals surface area contributed by atoms with Gasteiger partial charge in [0.05, 0.1) is 0 Å². The van der Waals surface area contributed by atoms with Crippen LogP contribution >= 0.6 is 0 Å². The molecule has 0 amide bonds. The van der Waals surface area contributed by atoms with E-state index in [0.717, 1.165) is 5.69 Å². The van der Waals surface area contributed by atoms with Crippen molar-refractivity contribution in [1.82, 2.24) is 0 Å². The summed E-state index contributed by atoms with van der Waals surface area (Å²) in [6.45, 7) is 6.21. The molecule has 1 aliphatic carbocycles. The van der Waals surface area contributed by atoms with Crippen molar-refractivity contribution in [3.05, 3.63) is 78.2 Å². The first kappa shape index (κ1) is 10.8. The largest absolute Gasteiger partial charge is 0.214 e. The molecule has 1 aromatic heterocycles. The van der Waals surface area contributed by atoms with Gasteiger partial charge in [0.2, 0.25) is 0 Å². The van der Waals surface area contributed by atoms with Crippen molar-refractivity contribution < 1.29 is 4.24 Å². The lowest BCUT2D eigenvalue weighted by molar-refractivity contribution is -0.486. The Labute approximate surface area is 107 Å². The van der Waals surface area contributed by atoms with Crippen LogP contribution in [0.3, 0.4) is 0 Å². The number of rotatable bonds is 1. The zero-order chi connectivity index (χ0) is 12.5. The Morgan fingerprint density at radius 1 is 1.22 bits per heavy atom. The molecular formula is C17H15N. The van der Waals surface area contributed by atoms with Crippen molar-refractivity contribution in [3.63, 3.8) is 0 Å². The molecule has 0 aliphatic heterocycles. The minimum atomic E-state index is 1.16. The molecule has 2 aromatic rings. The molecule has 1 aromatic carbocycles. The normalized spacial score (nSPS) is 12.5. The molecule has 0 bridgehead atoms. The van der Waals surface area contributed by atoms with Crippen molar-refractivity contribution >= 4 is 6.08 Å². The van der Waals surface area contributed by atoms with Crippen LogP contribution in [0.15, 0.2) is 48.7 Å². The molecule has 0 atom stereocenters. The summed E-state index contributed by atoms with van der Waals surface area (Å²) in [6, 6.07) is 10.6. The van der Waals surface area contributed by atoms with E-state index in [1.807, 2.05) is 10.4 Å². The smallest absolute Gasteiger partial charge is 0.156 e. The van der Waals surface area contributed by atoms with Gasteiger partial charge >= 0.3 is 0 Å². The van der Waals surface area contributed by atoms with Gasteiger partial charge in [-0.3, -0.25) is 0 Å². The maximum Gasteiger partial charge on any atom is 0.156 e. The van der Waals surface area contributed by atoms with Crippen molar-refractivity contribution in [3.8, 4) is 11.3 Å². The van der Waals surface area contributed by atoms with E-state index >= 15 is 0 Å². The van der Waals surface area contributed by atoms with Gasteiger partial charge in [0, 0.05) is 5.56 Å². The molecular weight excluding hydrogens is 218 g/mol. The Bertz CT molecular complexity index is 739. The van der Waals surface area contributed by atoms with Crippen molar-refractivity contribution in [1.29, 1.82) is 0 Å². The maximum atomic E-state index is 4.09. The fourth-order valence-corrected chi connectivity index (χ4v) is 2.37. The summed E-state index contributed by atoms with van der Waals surface area (Å²) >= 11 is 0. The molecule has 0 saturated carbocycles. The lowest BCUT2D eigenvalue weighted by atomic mass is 9.97. The van der Waals surface area contributed by atoms with Crippen molar-refractivity contribution in [2.45, 2.75) is 6.92 Å². The fraction of sp³-hybridized carbons (Fsp3) is 0.0588. The third kappa shape index (κ3) is 1.74. The van der Waals surface area contributed by atoms with Gasteiger partial charge in [0.25, 0.3) is 0 Å². The number of aryl methyl sites for hydroxylation is 1. The molecule has 1 nitrogen and oxygen atoms in total. The van der Waals surface area contributed by atoms with E-state index in [9.17, 15) is 0 Å². The van der Waals surface area contributed by atoms with Crippen LogP contribution < -0.4 is 9.46 Å². The van der Waals surface area contributed by atoms with E-state index in [0.29, 0.717) is 0 Å². The van der Waals surface area contributed by atoms with Gasteiger partial charge in [-0.2, -0.15) is 0 Å². The van der Waals surface area contributed by atoms with Crippen LogP contribution in [0.1, 0.15) is 11.1 Å². The van der Waals surface area contributed by atoms with Gasteiger partial charge in [0.15, 0.2) is 6.20 Å². The number of nitrogens with zero attached hydrogens (tertiary/aromatic N) is 1. The summed E-state index contributed by atoms with van der Waals surface area (Å²) in [7, 11) is 0. The second kappa shape index (κ2) is 4.19. The molecule has 0 spiro atoms. The summed E-state index contributed by atoms with van der Waals surface area (Å²) in [5.41, 5.74) is 4.87. The molecule has 0 saturated heterocycles. The monoisotopic (exact) mass is 233 g/mol. The van der Waals surface area contributed by atoms with Gasteiger partial charge in [-0.1, -0.05) is 40.6 Å². The third-order valence-corrected chi connectivity index (χ3v) is 3.23. The third-order valence-electron chi connectivity index (χ3n) is 3.23. The van der Waals surface area contributed by atoms with Crippen molar-refractivity contribution in [2.75, 3.05) is 0 Å². The molecule has 0 unspecified atom stereocenters. The van der Waals surface area contributed by atoms with Crippen LogP contribution in [0.2, 0.25) is 0 Å². The van der Waals surface area contributed by atoms with Crippen LogP contribution in [-0.2, 0) is 0 Å². The van der Waals surface area contributed by atoms with Crippen LogP contribution in [0.25, 0.3) is 17.3 Å². The van der Waals surface area contributed by atoms with E-state index in [4.69, 9.17) is 0 Å². The summed E-state index contributed by atoms with van der Waals surface area (Å²) < 4.78 is 1.94. The predicted molar refractivity (Wildman–Crippen MR) is 74.2 cm³/mol. The Balaban J connectivity index is 2.34. The van der Waals surface area contributed by atoms with E-state index in [1.165, 1.54) is 21.9 Å². The van der Waals surface area contributed by atoms with Gasteiger partial charge in [-0.15, -0.1) is 24.6 Å². The highest BCUT2D eigenvalue weighted by Gasteiger charge is 2.09. The zero-order valence-electron chi connectivity index (χ0n) is 10.4. The van der Waals surface area contributed by atoms with Crippen LogP contribution in [0, 0.1) is 20.1 Å². The minimum Gasteiger partial charge on any atom is -0.214 e. The summed E-state index contributed by atoms with van der Waals surface area (Å²) in [6.07, 6.45) is 10.4. The number of benzene rings is 1. The average molecular weight is 233 g/mol. The molecule has 3 rings (SSSR count). The van der Waals surface area contributed by atoms with E-state index in [-0.39, 0.29) is 0 Å². The Morgan fingerprint density at radius 3 is 2.94 bits per heavy atom. The number of fused-ring (bicyclic) bond motifs is 1. The Hall–Kier alpha value is -2.28. The number of pyridine rings is 1. The van der Waals surface area contributed by atoms with E-state index in [2.05, 4.69) is 68.6 Å². The molecule has 0 fully saturated rings. The first-order valence-corrected chi connectivity index (χ1v) is 6.07. The van der Waals surface area contributed by atoms with Crippen LogP contribution in [0.4, 0.5) is 0 Å². The summed E-state index contributed by atoms with van der Waals surface area (Å²) in [5.74, 6) is 0. The van der Waals surface area contributed by atoms with Gasteiger partial charge in [-0.05, 0) is 13.0 Å². The quantitative estimate of drug-likeness (QED) is 0.527.